The highest BCUT2D eigenvalue weighted by Gasteiger charge is 2.21. The number of anilines is 1. The van der Waals surface area contributed by atoms with Crippen molar-refractivity contribution in [2.24, 2.45) is 0 Å². The molecule has 0 bridgehead atoms. The highest BCUT2D eigenvalue weighted by atomic mass is 16.2. The van der Waals surface area contributed by atoms with Gasteiger partial charge in [0.1, 0.15) is 12.6 Å². The highest BCUT2D eigenvalue weighted by Crippen LogP contribution is 2.09. The number of nitrogens with one attached hydrogen (secondary N) is 3. The molecule has 0 aliphatic rings. The predicted molar refractivity (Wildman–Crippen MR) is 95.9 cm³/mol. The summed E-state index contributed by atoms with van der Waals surface area (Å²) in [5.74, 6) is -0.439. The van der Waals surface area contributed by atoms with Crippen LogP contribution >= 0.6 is 0 Å². The van der Waals surface area contributed by atoms with Gasteiger partial charge in [-0.15, -0.1) is 0 Å². The lowest BCUT2D eigenvalue weighted by Gasteiger charge is -2.18. The van der Waals surface area contributed by atoms with Crippen molar-refractivity contribution in [2.45, 2.75) is 12.5 Å². The number of amides is 3. The Morgan fingerprint density at radius 2 is 1.69 bits per heavy atom. The molecular weight excluding hydrogens is 330 g/mol. The number of benzene rings is 2. The van der Waals surface area contributed by atoms with Crippen LogP contribution in [0.25, 0.3) is 0 Å². The van der Waals surface area contributed by atoms with E-state index in [1.807, 2.05) is 42.5 Å². The molecule has 26 heavy (non-hydrogen) atoms. The molecule has 0 heterocycles. The number of carbonyl (C=O) groups is 2. The first-order chi connectivity index (χ1) is 12.6. The van der Waals surface area contributed by atoms with Gasteiger partial charge >= 0.3 is 6.03 Å². The molecule has 7 heteroatoms. The van der Waals surface area contributed by atoms with E-state index in [1.54, 1.807) is 24.3 Å². The third kappa shape index (κ3) is 5.66. The number of carbonyl (C=O) groups excluding carboxylic acids is 2. The fourth-order valence-corrected chi connectivity index (χ4v) is 2.26. The molecule has 0 saturated carbocycles. The molecule has 0 aliphatic heterocycles. The van der Waals surface area contributed by atoms with Gasteiger partial charge in [-0.1, -0.05) is 30.3 Å². The van der Waals surface area contributed by atoms with Crippen molar-refractivity contribution in [1.82, 2.24) is 10.6 Å². The summed E-state index contributed by atoms with van der Waals surface area (Å²) in [6.07, 6.45) is 0.291. The molecule has 0 spiro atoms. The van der Waals surface area contributed by atoms with Crippen molar-refractivity contribution in [3.05, 3.63) is 65.7 Å². The van der Waals surface area contributed by atoms with E-state index in [0.29, 0.717) is 17.7 Å². The lowest BCUT2D eigenvalue weighted by Crippen LogP contribution is -2.49. The molecule has 0 saturated heterocycles. The van der Waals surface area contributed by atoms with Crippen LogP contribution in [-0.2, 0) is 11.2 Å². The zero-order valence-electron chi connectivity index (χ0n) is 13.9. The first-order valence-corrected chi connectivity index (χ1v) is 7.88. The number of hydrogen-bond acceptors (Lipinski definition) is 4. The Balaban J connectivity index is 2.04. The van der Waals surface area contributed by atoms with Crippen LogP contribution in [0.4, 0.5) is 10.5 Å². The van der Waals surface area contributed by atoms with Gasteiger partial charge in [-0.3, -0.25) is 4.79 Å². The molecule has 0 aliphatic carbocycles. The molecule has 3 N–H and O–H groups in total. The van der Waals surface area contributed by atoms with Crippen molar-refractivity contribution in [3.63, 3.8) is 0 Å². The fourth-order valence-electron chi connectivity index (χ4n) is 2.26. The van der Waals surface area contributed by atoms with Gasteiger partial charge in [0.05, 0.1) is 17.7 Å². The second-order valence-electron chi connectivity index (χ2n) is 5.41. The average Bonchev–Trinajstić information content (AvgIpc) is 2.67. The summed E-state index contributed by atoms with van der Waals surface area (Å²) in [6.45, 7) is -0.136. The molecule has 130 valence electrons. The fraction of sp³-hybridized carbons (Fsp3) is 0.158. The summed E-state index contributed by atoms with van der Waals surface area (Å²) in [6, 6.07) is 18.1. The van der Waals surface area contributed by atoms with Gasteiger partial charge in [0.15, 0.2) is 0 Å². The van der Waals surface area contributed by atoms with E-state index >= 15 is 0 Å². The van der Waals surface area contributed by atoms with Gasteiger partial charge in [0.2, 0.25) is 5.91 Å². The third-order valence-electron chi connectivity index (χ3n) is 3.52. The molecular formula is C19H17N5O2. The van der Waals surface area contributed by atoms with Crippen molar-refractivity contribution in [2.75, 3.05) is 11.9 Å². The van der Waals surface area contributed by atoms with E-state index < -0.39 is 18.0 Å². The average molecular weight is 347 g/mol. The van der Waals surface area contributed by atoms with Gasteiger partial charge in [0, 0.05) is 12.1 Å². The van der Waals surface area contributed by atoms with E-state index in [1.165, 1.54) is 0 Å². The van der Waals surface area contributed by atoms with E-state index in [9.17, 15) is 9.59 Å². The Labute approximate surface area is 151 Å². The van der Waals surface area contributed by atoms with Crippen molar-refractivity contribution < 1.29 is 9.59 Å². The van der Waals surface area contributed by atoms with E-state index in [0.717, 1.165) is 5.56 Å². The summed E-state index contributed by atoms with van der Waals surface area (Å²) in [4.78, 5) is 24.5. The summed E-state index contributed by atoms with van der Waals surface area (Å²) < 4.78 is 0. The molecule has 2 aromatic carbocycles. The molecule has 3 amide bonds. The minimum absolute atomic E-state index is 0.136. The number of urea groups is 1. The monoisotopic (exact) mass is 347 g/mol. The molecule has 0 fully saturated rings. The molecule has 2 aromatic rings. The Kier molecular flexibility index (Phi) is 6.73. The normalized spacial score (nSPS) is 10.7. The number of rotatable bonds is 6. The Morgan fingerprint density at radius 3 is 2.31 bits per heavy atom. The van der Waals surface area contributed by atoms with Crippen LogP contribution in [0.15, 0.2) is 54.6 Å². The highest BCUT2D eigenvalue weighted by molar-refractivity contribution is 5.93. The SMILES string of the molecule is N#CCNC(=O)C(Cc1ccccc1)NC(=O)Nc1ccc(C#N)cc1. The van der Waals surface area contributed by atoms with E-state index in [2.05, 4.69) is 16.0 Å². The Morgan fingerprint density at radius 1 is 1.00 bits per heavy atom. The summed E-state index contributed by atoms with van der Waals surface area (Å²) in [5.41, 5.74) is 1.86. The van der Waals surface area contributed by atoms with Crippen molar-refractivity contribution in [3.8, 4) is 12.1 Å². The minimum atomic E-state index is -0.830. The van der Waals surface area contributed by atoms with E-state index in [-0.39, 0.29) is 6.54 Å². The zero-order chi connectivity index (χ0) is 18.8. The van der Waals surface area contributed by atoms with Crippen LogP contribution in [0.3, 0.4) is 0 Å². The number of hydrogen-bond donors (Lipinski definition) is 3. The molecule has 7 nitrogen and oxygen atoms in total. The van der Waals surface area contributed by atoms with Crippen molar-refractivity contribution in [1.29, 1.82) is 10.5 Å². The molecule has 1 unspecified atom stereocenters. The lowest BCUT2D eigenvalue weighted by molar-refractivity contribution is -0.122. The number of nitrogens with zero attached hydrogens (tertiary/aromatic N) is 2. The van der Waals surface area contributed by atoms with Gasteiger partial charge in [-0.25, -0.2) is 4.79 Å². The molecule has 0 aromatic heterocycles. The second kappa shape index (κ2) is 9.45. The minimum Gasteiger partial charge on any atom is -0.341 e. The van der Waals surface area contributed by atoms with Gasteiger partial charge < -0.3 is 16.0 Å². The topological polar surface area (TPSA) is 118 Å². The smallest absolute Gasteiger partial charge is 0.319 e. The Hall–Kier alpha value is -3.84. The maximum atomic E-state index is 12.2. The number of nitriles is 2. The van der Waals surface area contributed by atoms with E-state index in [4.69, 9.17) is 10.5 Å². The summed E-state index contributed by atoms with van der Waals surface area (Å²) >= 11 is 0. The maximum absolute atomic E-state index is 12.2. The first kappa shape index (κ1) is 18.5. The first-order valence-electron chi connectivity index (χ1n) is 7.88. The molecule has 2 rings (SSSR count). The van der Waals surface area contributed by atoms with Crippen LogP contribution in [0.1, 0.15) is 11.1 Å². The maximum Gasteiger partial charge on any atom is 0.319 e. The standard InChI is InChI=1S/C19H17N5O2/c20-10-11-22-18(25)17(12-14-4-2-1-3-5-14)24-19(26)23-16-8-6-15(13-21)7-9-16/h1-9,17H,11-12H2,(H,22,25)(H2,23,24,26). The van der Waals surface area contributed by atoms with Crippen LogP contribution < -0.4 is 16.0 Å². The largest absolute Gasteiger partial charge is 0.341 e. The molecule has 0 radical (unpaired) electrons. The van der Waals surface area contributed by atoms with Crippen LogP contribution in [0.5, 0.6) is 0 Å². The van der Waals surface area contributed by atoms with Gasteiger partial charge in [-0.2, -0.15) is 10.5 Å². The third-order valence-corrected chi connectivity index (χ3v) is 3.52. The van der Waals surface area contributed by atoms with Gasteiger partial charge in [-0.05, 0) is 29.8 Å². The Bertz CT molecular complexity index is 835. The quantitative estimate of drug-likeness (QED) is 0.692. The van der Waals surface area contributed by atoms with Crippen LogP contribution in [0, 0.1) is 22.7 Å². The predicted octanol–water partition coefficient (Wildman–Crippen LogP) is 1.93. The summed E-state index contributed by atoms with van der Waals surface area (Å²) in [5, 5.41) is 25.1. The van der Waals surface area contributed by atoms with Gasteiger partial charge in [0.25, 0.3) is 0 Å². The van der Waals surface area contributed by atoms with Crippen molar-refractivity contribution >= 4 is 17.6 Å². The second-order valence-corrected chi connectivity index (χ2v) is 5.41. The molecule has 1 atom stereocenters. The summed E-state index contributed by atoms with van der Waals surface area (Å²) in [7, 11) is 0. The van der Waals surface area contributed by atoms with Crippen LogP contribution in [-0.4, -0.2) is 24.5 Å². The zero-order valence-corrected chi connectivity index (χ0v) is 13.9. The lowest BCUT2D eigenvalue weighted by atomic mass is 10.1. The van der Waals surface area contributed by atoms with Crippen LogP contribution in [0.2, 0.25) is 0 Å².